The minimum absolute atomic E-state index is 0.0375. The molecule has 6 heteroatoms. The van der Waals surface area contributed by atoms with E-state index in [1.165, 1.54) is 18.3 Å². The van der Waals surface area contributed by atoms with Crippen molar-refractivity contribution >= 4 is 15.7 Å². The minimum atomic E-state index is -3.64. The number of benzene rings is 1. The van der Waals surface area contributed by atoms with Crippen LogP contribution in [0.4, 0.5) is 5.69 Å². The smallest absolute Gasteiger partial charge is 0.258 e. The molecule has 2 aromatic rings. The Bertz CT molecular complexity index is 639. The monoisotopic (exact) mass is 277 g/mol. The molecule has 0 bridgehead atoms. The van der Waals surface area contributed by atoms with E-state index in [0.29, 0.717) is 5.69 Å². The fourth-order valence-electron chi connectivity index (χ4n) is 1.65. The van der Waals surface area contributed by atoms with Gasteiger partial charge in [-0.15, -0.1) is 0 Å². The van der Waals surface area contributed by atoms with Gasteiger partial charge in [0, 0.05) is 6.04 Å². The normalized spacial score (nSPS) is 13.1. The molecule has 0 spiro atoms. The van der Waals surface area contributed by atoms with Crippen molar-refractivity contribution in [1.29, 1.82) is 0 Å². The Labute approximate surface area is 112 Å². The van der Waals surface area contributed by atoms with E-state index in [0.717, 1.165) is 5.56 Å². The van der Waals surface area contributed by atoms with Crippen molar-refractivity contribution in [1.82, 2.24) is 9.71 Å². The number of sulfonamides is 1. The summed E-state index contributed by atoms with van der Waals surface area (Å²) < 4.78 is 26.8. The molecule has 19 heavy (non-hydrogen) atoms. The fourth-order valence-corrected chi connectivity index (χ4v) is 2.81. The van der Waals surface area contributed by atoms with Crippen LogP contribution in [0.25, 0.3) is 0 Å². The maximum absolute atomic E-state index is 12.1. The van der Waals surface area contributed by atoms with E-state index >= 15 is 0 Å². The molecule has 3 N–H and O–H groups in total. The van der Waals surface area contributed by atoms with Gasteiger partial charge >= 0.3 is 0 Å². The number of nitrogen functional groups attached to an aromatic ring is 1. The first-order chi connectivity index (χ1) is 8.99. The molecule has 0 fully saturated rings. The molecule has 100 valence electrons. The topological polar surface area (TPSA) is 85.1 Å². The highest BCUT2D eigenvalue weighted by atomic mass is 32.2. The Kier molecular flexibility index (Phi) is 3.82. The summed E-state index contributed by atoms with van der Waals surface area (Å²) in [6.07, 6.45) is 1.32. The van der Waals surface area contributed by atoms with Gasteiger partial charge in [0.25, 0.3) is 10.0 Å². The SMILES string of the molecule is CC(NS(=O)(=O)c1ccc(N)cn1)c1ccccc1. The Morgan fingerprint density at radius 1 is 1.16 bits per heavy atom. The number of rotatable bonds is 4. The molecule has 0 saturated heterocycles. The predicted molar refractivity (Wildman–Crippen MR) is 73.8 cm³/mol. The van der Waals surface area contributed by atoms with Crippen molar-refractivity contribution in [3.8, 4) is 0 Å². The zero-order valence-electron chi connectivity index (χ0n) is 10.4. The van der Waals surface area contributed by atoms with Crippen molar-refractivity contribution < 1.29 is 8.42 Å². The second-order valence-corrected chi connectivity index (χ2v) is 5.84. The van der Waals surface area contributed by atoms with E-state index in [2.05, 4.69) is 9.71 Å². The van der Waals surface area contributed by atoms with Gasteiger partial charge in [-0.3, -0.25) is 0 Å². The van der Waals surface area contributed by atoms with E-state index in [1.54, 1.807) is 6.92 Å². The third kappa shape index (κ3) is 3.30. The van der Waals surface area contributed by atoms with Gasteiger partial charge in [0.1, 0.15) is 0 Å². The van der Waals surface area contributed by atoms with Crippen molar-refractivity contribution in [2.75, 3.05) is 5.73 Å². The summed E-state index contributed by atoms with van der Waals surface area (Å²) in [7, 11) is -3.64. The molecule has 0 amide bonds. The second-order valence-electron chi connectivity index (χ2n) is 4.18. The van der Waals surface area contributed by atoms with Crippen molar-refractivity contribution in [2.45, 2.75) is 18.0 Å². The van der Waals surface area contributed by atoms with Gasteiger partial charge in [-0.1, -0.05) is 30.3 Å². The summed E-state index contributed by atoms with van der Waals surface area (Å²) in [5, 5.41) is -0.0375. The molecule has 0 aliphatic rings. The largest absolute Gasteiger partial charge is 0.397 e. The van der Waals surface area contributed by atoms with Gasteiger partial charge in [0.05, 0.1) is 11.9 Å². The van der Waals surface area contributed by atoms with Crippen LogP contribution in [0.5, 0.6) is 0 Å². The molecule has 1 heterocycles. The first kappa shape index (κ1) is 13.5. The number of anilines is 1. The molecule has 0 saturated carbocycles. The molecular formula is C13H15N3O2S. The quantitative estimate of drug-likeness (QED) is 0.890. The summed E-state index contributed by atoms with van der Waals surface area (Å²) in [6, 6.07) is 11.9. The maximum atomic E-state index is 12.1. The van der Waals surface area contributed by atoms with Crippen molar-refractivity contribution in [3.63, 3.8) is 0 Å². The van der Waals surface area contributed by atoms with E-state index in [9.17, 15) is 8.42 Å². The third-order valence-electron chi connectivity index (χ3n) is 2.67. The van der Waals surface area contributed by atoms with Gasteiger partial charge in [-0.05, 0) is 24.6 Å². The molecule has 0 aliphatic carbocycles. The van der Waals surface area contributed by atoms with Crippen molar-refractivity contribution in [3.05, 3.63) is 54.2 Å². The van der Waals surface area contributed by atoms with E-state index in [4.69, 9.17) is 5.73 Å². The van der Waals surface area contributed by atoms with Crippen LogP contribution >= 0.6 is 0 Å². The molecule has 2 rings (SSSR count). The van der Waals surface area contributed by atoms with Crippen LogP contribution in [0.3, 0.4) is 0 Å². The Morgan fingerprint density at radius 2 is 1.84 bits per heavy atom. The molecule has 1 aromatic carbocycles. The highest BCUT2D eigenvalue weighted by Gasteiger charge is 2.19. The number of nitrogens with one attached hydrogen (secondary N) is 1. The maximum Gasteiger partial charge on any atom is 0.258 e. The third-order valence-corrected chi connectivity index (χ3v) is 4.12. The fraction of sp³-hybridized carbons (Fsp3) is 0.154. The van der Waals surface area contributed by atoms with Gasteiger partial charge in [-0.2, -0.15) is 0 Å². The second kappa shape index (κ2) is 5.38. The van der Waals surface area contributed by atoms with Gasteiger partial charge < -0.3 is 5.73 Å². The van der Waals surface area contributed by atoms with Crippen LogP contribution < -0.4 is 10.5 Å². The minimum Gasteiger partial charge on any atom is -0.397 e. The summed E-state index contributed by atoms with van der Waals surface area (Å²) >= 11 is 0. The van der Waals surface area contributed by atoms with Gasteiger partial charge in [0.15, 0.2) is 5.03 Å². The highest BCUT2D eigenvalue weighted by Crippen LogP contribution is 2.15. The Balaban J connectivity index is 2.20. The number of hydrogen-bond acceptors (Lipinski definition) is 4. The number of hydrogen-bond donors (Lipinski definition) is 2. The van der Waals surface area contributed by atoms with E-state index < -0.39 is 10.0 Å². The summed E-state index contributed by atoms with van der Waals surface area (Å²) in [6.45, 7) is 1.78. The van der Waals surface area contributed by atoms with Crippen LogP contribution in [0, 0.1) is 0 Å². The van der Waals surface area contributed by atoms with Crippen LogP contribution in [0.2, 0.25) is 0 Å². The lowest BCUT2D eigenvalue weighted by molar-refractivity contribution is 0.563. The summed E-state index contributed by atoms with van der Waals surface area (Å²) in [5.74, 6) is 0. The summed E-state index contributed by atoms with van der Waals surface area (Å²) in [5.41, 5.74) is 6.80. The molecular weight excluding hydrogens is 262 g/mol. The number of nitrogens with two attached hydrogens (primary N) is 1. The Hall–Kier alpha value is -1.92. The zero-order valence-corrected chi connectivity index (χ0v) is 11.3. The molecule has 5 nitrogen and oxygen atoms in total. The van der Waals surface area contributed by atoms with Crippen LogP contribution in [-0.2, 0) is 10.0 Å². The van der Waals surface area contributed by atoms with E-state index in [1.807, 2.05) is 30.3 Å². The first-order valence-electron chi connectivity index (χ1n) is 5.78. The molecule has 1 aromatic heterocycles. The average molecular weight is 277 g/mol. The highest BCUT2D eigenvalue weighted by molar-refractivity contribution is 7.89. The van der Waals surface area contributed by atoms with E-state index in [-0.39, 0.29) is 11.1 Å². The first-order valence-corrected chi connectivity index (χ1v) is 7.26. The molecule has 1 atom stereocenters. The van der Waals surface area contributed by atoms with Crippen LogP contribution in [0.1, 0.15) is 18.5 Å². The number of aromatic nitrogens is 1. The van der Waals surface area contributed by atoms with Crippen LogP contribution in [0.15, 0.2) is 53.7 Å². The zero-order chi connectivity index (χ0) is 13.9. The predicted octanol–water partition coefficient (Wildman–Crippen LogP) is 1.70. The molecule has 0 aliphatic heterocycles. The standard InChI is InChI=1S/C13H15N3O2S/c1-10(11-5-3-2-4-6-11)16-19(17,18)13-8-7-12(14)9-15-13/h2-10,16H,14H2,1H3. The van der Waals surface area contributed by atoms with Crippen molar-refractivity contribution in [2.24, 2.45) is 0 Å². The average Bonchev–Trinajstić information content (AvgIpc) is 2.40. The van der Waals surface area contributed by atoms with Gasteiger partial charge in [0.2, 0.25) is 0 Å². The summed E-state index contributed by atoms with van der Waals surface area (Å²) in [4.78, 5) is 3.82. The van der Waals surface area contributed by atoms with Gasteiger partial charge in [-0.25, -0.2) is 18.1 Å². The number of nitrogens with zero attached hydrogens (tertiary/aromatic N) is 1. The van der Waals surface area contributed by atoms with Crippen LogP contribution in [-0.4, -0.2) is 13.4 Å². The lowest BCUT2D eigenvalue weighted by atomic mass is 10.1. The number of pyridine rings is 1. The molecule has 0 radical (unpaired) electrons. The lowest BCUT2D eigenvalue weighted by Gasteiger charge is -2.14. The molecule has 1 unspecified atom stereocenters. The Morgan fingerprint density at radius 3 is 2.42 bits per heavy atom. The lowest BCUT2D eigenvalue weighted by Crippen LogP contribution is -2.27.